The zero-order chi connectivity index (χ0) is 14.1. The molecular weight excluding hydrogens is 240 g/mol. The molecule has 3 N–H and O–H groups in total. The minimum absolute atomic E-state index is 0.0255. The van der Waals surface area contributed by atoms with Gasteiger partial charge in [0.1, 0.15) is 0 Å². The molecule has 0 saturated heterocycles. The molecule has 106 valence electrons. The van der Waals surface area contributed by atoms with Crippen molar-refractivity contribution in [3.05, 3.63) is 35.9 Å². The number of carbonyl (C=O) groups is 1. The van der Waals surface area contributed by atoms with Crippen LogP contribution in [0.15, 0.2) is 30.3 Å². The van der Waals surface area contributed by atoms with Crippen molar-refractivity contribution in [2.45, 2.75) is 45.2 Å². The van der Waals surface area contributed by atoms with Gasteiger partial charge in [0.15, 0.2) is 0 Å². The highest BCUT2D eigenvalue weighted by Crippen LogP contribution is 2.04. The number of amides is 2. The highest BCUT2D eigenvalue weighted by Gasteiger charge is 2.11. The average Bonchev–Trinajstić information content (AvgIpc) is 2.43. The number of aryl methyl sites for hydroxylation is 1. The maximum atomic E-state index is 11.7. The molecule has 0 aliphatic carbocycles. The van der Waals surface area contributed by atoms with Gasteiger partial charge in [0.25, 0.3) is 0 Å². The summed E-state index contributed by atoms with van der Waals surface area (Å²) >= 11 is 0. The summed E-state index contributed by atoms with van der Waals surface area (Å²) in [4.78, 5) is 11.7. The normalized spacial score (nSPS) is 13.6. The number of urea groups is 1. The molecule has 0 aliphatic rings. The summed E-state index contributed by atoms with van der Waals surface area (Å²) in [5.74, 6) is 0. The van der Waals surface area contributed by atoms with Crippen molar-refractivity contribution in [1.29, 1.82) is 0 Å². The molecule has 4 heteroatoms. The van der Waals surface area contributed by atoms with Crippen molar-refractivity contribution in [2.24, 2.45) is 0 Å². The topological polar surface area (TPSA) is 61.4 Å². The van der Waals surface area contributed by atoms with E-state index in [1.165, 1.54) is 5.56 Å². The molecule has 0 radical (unpaired) electrons. The van der Waals surface area contributed by atoms with E-state index in [2.05, 4.69) is 22.8 Å². The molecule has 4 nitrogen and oxygen atoms in total. The van der Waals surface area contributed by atoms with E-state index in [0.717, 1.165) is 19.3 Å². The molecule has 0 aromatic heterocycles. The van der Waals surface area contributed by atoms with E-state index >= 15 is 0 Å². The Morgan fingerprint density at radius 3 is 2.53 bits per heavy atom. The summed E-state index contributed by atoms with van der Waals surface area (Å²) in [6.07, 6.45) is 2.56. The van der Waals surface area contributed by atoms with E-state index < -0.39 is 0 Å². The Hall–Kier alpha value is -1.55. The lowest BCUT2D eigenvalue weighted by atomic mass is 10.1. The SMILES string of the molecule is CCC(CO)NC(=O)NC(C)CCc1ccccc1. The van der Waals surface area contributed by atoms with Crippen molar-refractivity contribution >= 4 is 6.03 Å². The second-order valence-corrected chi connectivity index (χ2v) is 4.83. The molecule has 2 unspecified atom stereocenters. The van der Waals surface area contributed by atoms with Crippen LogP contribution in [0.1, 0.15) is 32.3 Å². The highest BCUT2D eigenvalue weighted by atomic mass is 16.3. The third kappa shape index (κ3) is 6.25. The van der Waals surface area contributed by atoms with Crippen LogP contribution in [-0.2, 0) is 6.42 Å². The summed E-state index contributed by atoms with van der Waals surface area (Å²) in [6.45, 7) is 3.89. The van der Waals surface area contributed by atoms with Gasteiger partial charge in [0, 0.05) is 6.04 Å². The van der Waals surface area contributed by atoms with Crippen LogP contribution in [0.5, 0.6) is 0 Å². The molecule has 2 amide bonds. The van der Waals surface area contributed by atoms with Crippen LogP contribution >= 0.6 is 0 Å². The molecule has 0 aliphatic heterocycles. The van der Waals surface area contributed by atoms with Crippen LogP contribution in [0.25, 0.3) is 0 Å². The van der Waals surface area contributed by atoms with Gasteiger partial charge in [-0.2, -0.15) is 0 Å². The maximum Gasteiger partial charge on any atom is 0.315 e. The van der Waals surface area contributed by atoms with Gasteiger partial charge in [-0.05, 0) is 31.7 Å². The number of benzene rings is 1. The first-order chi connectivity index (χ1) is 9.15. The number of aliphatic hydroxyl groups is 1. The van der Waals surface area contributed by atoms with Crippen molar-refractivity contribution in [3.63, 3.8) is 0 Å². The van der Waals surface area contributed by atoms with E-state index in [0.29, 0.717) is 0 Å². The second kappa shape index (κ2) is 8.53. The molecule has 1 rings (SSSR count). The number of carbonyl (C=O) groups excluding carboxylic acids is 1. The predicted molar refractivity (Wildman–Crippen MR) is 77.1 cm³/mol. The number of hydrogen-bond acceptors (Lipinski definition) is 2. The molecule has 0 fully saturated rings. The number of nitrogens with one attached hydrogen (secondary N) is 2. The fourth-order valence-corrected chi connectivity index (χ4v) is 1.83. The van der Waals surface area contributed by atoms with Crippen molar-refractivity contribution in [3.8, 4) is 0 Å². The lowest BCUT2D eigenvalue weighted by Crippen LogP contribution is -2.46. The lowest BCUT2D eigenvalue weighted by molar-refractivity contribution is 0.212. The van der Waals surface area contributed by atoms with E-state index in [-0.39, 0.29) is 24.7 Å². The fourth-order valence-electron chi connectivity index (χ4n) is 1.83. The Morgan fingerprint density at radius 2 is 1.95 bits per heavy atom. The summed E-state index contributed by atoms with van der Waals surface area (Å²) < 4.78 is 0. The van der Waals surface area contributed by atoms with Crippen molar-refractivity contribution in [2.75, 3.05) is 6.61 Å². The van der Waals surface area contributed by atoms with Crippen LogP contribution < -0.4 is 10.6 Å². The minimum atomic E-state index is -0.207. The average molecular weight is 264 g/mol. The molecule has 1 aromatic rings. The zero-order valence-corrected chi connectivity index (χ0v) is 11.7. The van der Waals surface area contributed by atoms with Gasteiger partial charge in [-0.15, -0.1) is 0 Å². The summed E-state index contributed by atoms with van der Waals surface area (Å²) in [7, 11) is 0. The third-order valence-electron chi connectivity index (χ3n) is 3.13. The Morgan fingerprint density at radius 1 is 1.26 bits per heavy atom. The standard InChI is InChI=1S/C15H24N2O2/c1-3-14(11-18)17-15(19)16-12(2)9-10-13-7-5-4-6-8-13/h4-8,12,14,18H,3,9-11H2,1-2H3,(H2,16,17,19). The Labute approximate surface area is 115 Å². The van der Waals surface area contributed by atoms with Crippen molar-refractivity contribution in [1.82, 2.24) is 10.6 Å². The molecule has 2 atom stereocenters. The van der Waals surface area contributed by atoms with Crippen LogP contribution in [0.3, 0.4) is 0 Å². The van der Waals surface area contributed by atoms with Crippen LogP contribution in [0.2, 0.25) is 0 Å². The number of hydrogen-bond donors (Lipinski definition) is 3. The predicted octanol–water partition coefficient (Wildman–Crippen LogP) is 2.08. The van der Waals surface area contributed by atoms with E-state index in [4.69, 9.17) is 5.11 Å². The Bertz CT molecular complexity index is 364. The van der Waals surface area contributed by atoms with Gasteiger partial charge in [0.05, 0.1) is 12.6 Å². The smallest absolute Gasteiger partial charge is 0.315 e. The number of aliphatic hydroxyl groups excluding tert-OH is 1. The first-order valence-corrected chi connectivity index (χ1v) is 6.87. The van der Waals surface area contributed by atoms with Crippen molar-refractivity contribution < 1.29 is 9.90 Å². The number of rotatable bonds is 7. The monoisotopic (exact) mass is 264 g/mol. The molecular formula is C15H24N2O2. The molecule has 19 heavy (non-hydrogen) atoms. The second-order valence-electron chi connectivity index (χ2n) is 4.83. The van der Waals surface area contributed by atoms with Crippen LogP contribution in [0.4, 0.5) is 4.79 Å². The molecule has 1 aromatic carbocycles. The molecule has 0 saturated carbocycles. The van der Waals surface area contributed by atoms with E-state index in [9.17, 15) is 4.79 Å². The Kier molecular flexibility index (Phi) is 6.97. The van der Waals surface area contributed by atoms with E-state index in [1.807, 2.05) is 32.0 Å². The van der Waals surface area contributed by atoms with Gasteiger partial charge < -0.3 is 15.7 Å². The van der Waals surface area contributed by atoms with Crippen LogP contribution in [-0.4, -0.2) is 29.8 Å². The fraction of sp³-hybridized carbons (Fsp3) is 0.533. The van der Waals surface area contributed by atoms with Crippen LogP contribution in [0, 0.1) is 0 Å². The largest absolute Gasteiger partial charge is 0.394 e. The maximum absolute atomic E-state index is 11.7. The summed E-state index contributed by atoms with van der Waals surface area (Å²) in [5.41, 5.74) is 1.28. The van der Waals surface area contributed by atoms with Gasteiger partial charge in [-0.3, -0.25) is 0 Å². The van der Waals surface area contributed by atoms with Gasteiger partial charge in [-0.25, -0.2) is 4.79 Å². The van der Waals surface area contributed by atoms with E-state index in [1.54, 1.807) is 0 Å². The highest BCUT2D eigenvalue weighted by molar-refractivity contribution is 5.74. The zero-order valence-electron chi connectivity index (χ0n) is 11.7. The summed E-state index contributed by atoms with van der Waals surface area (Å²) in [6, 6.07) is 9.95. The molecule has 0 bridgehead atoms. The first kappa shape index (κ1) is 15.5. The van der Waals surface area contributed by atoms with Gasteiger partial charge in [0.2, 0.25) is 0 Å². The third-order valence-corrected chi connectivity index (χ3v) is 3.13. The lowest BCUT2D eigenvalue weighted by Gasteiger charge is -2.18. The molecule has 0 heterocycles. The van der Waals surface area contributed by atoms with Gasteiger partial charge in [-0.1, -0.05) is 37.3 Å². The molecule has 0 spiro atoms. The quantitative estimate of drug-likeness (QED) is 0.706. The summed E-state index contributed by atoms with van der Waals surface area (Å²) in [5, 5.41) is 14.7. The minimum Gasteiger partial charge on any atom is -0.394 e. The first-order valence-electron chi connectivity index (χ1n) is 6.87. The Balaban J connectivity index is 2.27. The van der Waals surface area contributed by atoms with Gasteiger partial charge >= 0.3 is 6.03 Å².